The number of halogens is 1. The highest BCUT2D eigenvalue weighted by Gasteiger charge is 2.10. The topological polar surface area (TPSA) is 0 Å². The summed E-state index contributed by atoms with van der Waals surface area (Å²) in [6, 6.07) is 0. The largest absolute Gasteiger partial charge is 0.248 e. The van der Waals surface area contributed by atoms with Crippen LogP contribution in [-0.4, -0.2) is 6.17 Å². The first-order chi connectivity index (χ1) is 10.5. The van der Waals surface area contributed by atoms with Crippen LogP contribution in [0.25, 0.3) is 0 Å². The van der Waals surface area contributed by atoms with E-state index in [-0.39, 0.29) is 0 Å². The van der Waals surface area contributed by atoms with Crippen LogP contribution in [-0.2, 0) is 0 Å². The Kier molecular flexibility index (Phi) is 13.3. The van der Waals surface area contributed by atoms with Crippen LogP contribution in [0.1, 0.15) is 86.0 Å². The Labute approximate surface area is 138 Å². The highest BCUT2D eigenvalue weighted by atomic mass is 19.1. The summed E-state index contributed by atoms with van der Waals surface area (Å²) in [6.07, 6.45) is 16.6. The van der Waals surface area contributed by atoms with Gasteiger partial charge in [-0.05, 0) is 63.9 Å². The molecule has 0 N–H and O–H groups in total. The van der Waals surface area contributed by atoms with Crippen LogP contribution in [0.3, 0.4) is 0 Å². The Morgan fingerprint density at radius 3 is 2.09 bits per heavy atom. The van der Waals surface area contributed by atoms with E-state index in [1.165, 1.54) is 36.8 Å². The van der Waals surface area contributed by atoms with E-state index in [4.69, 9.17) is 0 Å². The summed E-state index contributed by atoms with van der Waals surface area (Å²) < 4.78 is 13.2. The van der Waals surface area contributed by atoms with Crippen LogP contribution in [0.2, 0.25) is 0 Å². The quantitative estimate of drug-likeness (QED) is 0.257. The summed E-state index contributed by atoms with van der Waals surface area (Å²) in [7, 11) is 0. The fraction of sp³-hybridized carbons (Fsp3) is 0.714. The molecule has 0 nitrogen and oxygen atoms in total. The third kappa shape index (κ3) is 10.8. The van der Waals surface area contributed by atoms with Crippen LogP contribution in [0, 0.1) is 5.92 Å². The number of allylic oxidation sites excluding steroid dienone is 6. The van der Waals surface area contributed by atoms with Gasteiger partial charge in [-0.3, -0.25) is 0 Å². The monoisotopic (exact) mass is 308 g/mol. The first-order valence-corrected chi connectivity index (χ1v) is 9.20. The van der Waals surface area contributed by atoms with Gasteiger partial charge in [0.2, 0.25) is 0 Å². The molecule has 0 heterocycles. The van der Waals surface area contributed by atoms with E-state index in [0.29, 0.717) is 18.8 Å². The fourth-order valence-corrected chi connectivity index (χ4v) is 2.65. The molecule has 1 heteroatoms. The van der Waals surface area contributed by atoms with Crippen molar-refractivity contribution in [2.45, 2.75) is 92.2 Å². The number of alkyl halides is 1. The van der Waals surface area contributed by atoms with Crippen molar-refractivity contribution in [1.29, 1.82) is 0 Å². The van der Waals surface area contributed by atoms with E-state index in [9.17, 15) is 4.39 Å². The van der Waals surface area contributed by atoms with Gasteiger partial charge in [-0.2, -0.15) is 0 Å². The van der Waals surface area contributed by atoms with Crippen molar-refractivity contribution in [1.82, 2.24) is 0 Å². The molecule has 0 aliphatic rings. The summed E-state index contributed by atoms with van der Waals surface area (Å²) in [4.78, 5) is 0. The molecule has 0 aromatic rings. The molecule has 1 atom stereocenters. The molecule has 128 valence electrons. The lowest BCUT2D eigenvalue weighted by molar-refractivity contribution is 0.300. The Morgan fingerprint density at radius 1 is 0.955 bits per heavy atom. The molecule has 0 bridgehead atoms. The molecule has 0 aliphatic heterocycles. The zero-order chi connectivity index (χ0) is 16.8. The second-order valence-corrected chi connectivity index (χ2v) is 6.52. The van der Waals surface area contributed by atoms with Crippen molar-refractivity contribution >= 4 is 0 Å². The number of hydrogen-bond acceptors (Lipinski definition) is 0. The van der Waals surface area contributed by atoms with Crippen molar-refractivity contribution in [3.63, 3.8) is 0 Å². The molecular formula is C21H37F. The van der Waals surface area contributed by atoms with Gasteiger partial charge in [0.05, 0.1) is 6.17 Å². The highest BCUT2D eigenvalue weighted by Crippen LogP contribution is 2.24. The smallest absolute Gasteiger partial charge is 0.0999 e. The molecule has 22 heavy (non-hydrogen) atoms. The Hall–Kier alpha value is -0.850. The summed E-state index contributed by atoms with van der Waals surface area (Å²) in [5.41, 5.74) is 2.78. The van der Waals surface area contributed by atoms with E-state index in [2.05, 4.69) is 52.0 Å². The fourth-order valence-electron chi connectivity index (χ4n) is 2.65. The molecule has 0 aromatic carbocycles. The van der Waals surface area contributed by atoms with Gasteiger partial charge in [0.25, 0.3) is 0 Å². The number of unbranched alkanes of at least 4 members (excludes halogenated alkanes) is 1. The SMILES string of the molecule is CCCC(CCC)C(/C=C\CCCC(F)CC)=C/C=C(C)C. The predicted molar refractivity (Wildman–Crippen MR) is 99.0 cm³/mol. The van der Waals surface area contributed by atoms with E-state index in [1.54, 1.807) is 0 Å². The standard InChI is InChI=1S/C21H37F/c1-6-12-19(13-7-2)20(17-16-18(4)5)14-10-9-11-15-21(22)8-3/h10,14,16-17,19,21H,6-9,11-13,15H2,1-5H3/b14-10-,20-17+. The van der Waals surface area contributed by atoms with Gasteiger partial charge >= 0.3 is 0 Å². The van der Waals surface area contributed by atoms with Crippen LogP contribution in [0.4, 0.5) is 4.39 Å². The van der Waals surface area contributed by atoms with Crippen molar-refractivity contribution in [3.8, 4) is 0 Å². The summed E-state index contributed by atoms with van der Waals surface area (Å²) >= 11 is 0. The predicted octanol–water partition coefficient (Wildman–Crippen LogP) is 7.57. The van der Waals surface area contributed by atoms with Gasteiger partial charge in [0, 0.05) is 0 Å². The Morgan fingerprint density at radius 2 is 1.59 bits per heavy atom. The zero-order valence-electron chi connectivity index (χ0n) is 15.5. The van der Waals surface area contributed by atoms with Crippen molar-refractivity contribution in [2.75, 3.05) is 0 Å². The maximum absolute atomic E-state index is 13.2. The third-order valence-electron chi connectivity index (χ3n) is 4.00. The van der Waals surface area contributed by atoms with Crippen LogP contribution in [0.5, 0.6) is 0 Å². The summed E-state index contributed by atoms with van der Waals surface area (Å²) in [5.74, 6) is 0.659. The number of hydrogen-bond donors (Lipinski definition) is 0. The lowest BCUT2D eigenvalue weighted by Gasteiger charge is -2.17. The van der Waals surface area contributed by atoms with Gasteiger partial charge in [0.1, 0.15) is 0 Å². The number of rotatable bonds is 12. The van der Waals surface area contributed by atoms with E-state index >= 15 is 0 Å². The average Bonchev–Trinajstić information content (AvgIpc) is 2.49. The molecule has 0 rings (SSSR count). The Balaban J connectivity index is 4.71. The Bertz CT molecular complexity index is 339. The van der Waals surface area contributed by atoms with Crippen LogP contribution >= 0.6 is 0 Å². The molecule has 0 aromatic heterocycles. The molecule has 0 fully saturated rings. The van der Waals surface area contributed by atoms with Gasteiger partial charge < -0.3 is 0 Å². The summed E-state index contributed by atoms with van der Waals surface area (Å²) in [5, 5.41) is 0. The van der Waals surface area contributed by atoms with Crippen molar-refractivity contribution in [3.05, 3.63) is 35.5 Å². The van der Waals surface area contributed by atoms with Crippen LogP contribution in [0.15, 0.2) is 35.5 Å². The highest BCUT2D eigenvalue weighted by molar-refractivity contribution is 5.27. The second kappa shape index (κ2) is 13.8. The second-order valence-electron chi connectivity index (χ2n) is 6.52. The first-order valence-electron chi connectivity index (χ1n) is 9.20. The van der Waals surface area contributed by atoms with Crippen molar-refractivity contribution < 1.29 is 4.39 Å². The molecule has 1 unspecified atom stereocenters. The van der Waals surface area contributed by atoms with Crippen molar-refractivity contribution in [2.24, 2.45) is 5.92 Å². The summed E-state index contributed by atoms with van der Waals surface area (Å²) in [6.45, 7) is 10.7. The van der Waals surface area contributed by atoms with E-state index in [1.807, 2.05) is 6.92 Å². The lowest BCUT2D eigenvalue weighted by atomic mass is 9.89. The molecule has 0 saturated heterocycles. The molecule has 0 aliphatic carbocycles. The minimum absolute atomic E-state index is 0.623. The normalized spacial score (nSPS) is 13.9. The van der Waals surface area contributed by atoms with Gasteiger partial charge in [-0.1, -0.05) is 63.5 Å². The third-order valence-corrected chi connectivity index (χ3v) is 4.00. The molecule has 0 saturated carbocycles. The van der Waals surface area contributed by atoms with Gasteiger partial charge in [0.15, 0.2) is 0 Å². The minimum Gasteiger partial charge on any atom is -0.248 e. The average molecular weight is 309 g/mol. The van der Waals surface area contributed by atoms with Crippen LogP contribution < -0.4 is 0 Å². The first kappa shape index (κ1) is 21.1. The maximum atomic E-state index is 13.2. The van der Waals surface area contributed by atoms with E-state index in [0.717, 1.165) is 12.8 Å². The molecule has 0 spiro atoms. The van der Waals surface area contributed by atoms with Gasteiger partial charge in [-0.15, -0.1) is 0 Å². The molecular weight excluding hydrogens is 271 g/mol. The minimum atomic E-state index is -0.623. The lowest BCUT2D eigenvalue weighted by Crippen LogP contribution is -2.02. The zero-order valence-corrected chi connectivity index (χ0v) is 15.5. The van der Waals surface area contributed by atoms with E-state index < -0.39 is 6.17 Å². The molecule has 0 radical (unpaired) electrons. The van der Waals surface area contributed by atoms with Gasteiger partial charge in [-0.25, -0.2) is 4.39 Å². The molecule has 0 amide bonds. The maximum Gasteiger partial charge on any atom is 0.0999 e.